The first-order valence-corrected chi connectivity index (χ1v) is 5.86. The normalized spacial score (nSPS) is 10.9. The van der Waals surface area contributed by atoms with Crippen LogP contribution in [0.4, 0.5) is 18.9 Å². The van der Waals surface area contributed by atoms with Gasteiger partial charge in [0.05, 0.1) is 12.2 Å². The van der Waals surface area contributed by atoms with Crippen LogP contribution in [0.25, 0.3) is 0 Å². The van der Waals surface area contributed by atoms with Gasteiger partial charge in [0.1, 0.15) is 0 Å². The minimum Gasteiger partial charge on any atom is -0.349 e. The smallest absolute Gasteiger partial charge is 0.294 e. The first kappa shape index (κ1) is 15.1. The number of rotatable bonds is 4. The SMILES string of the molecule is O=C(Nc1cc(F)c(=O)n(CC(F)F)c1)c1cc(Cl)no1. The quantitative estimate of drug-likeness (QED) is 0.936. The number of pyridine rings is 1. The largest absolute Gasteiger partial charge is 0.349 e. The minimum atomic E-state index is -2.85. The van der Waals surface area contributed by atoms with Gasteiger partial charge in [0.25, 0.3) is 17.9 Å². The lowest BCUT2D eigenvalue weighted by molar-refractivity contribution is 0.0988. The molecule has 1 N–H and O–H groups in total. The Kier molecular flexibility index (Phi) is 4.32. The summed E-state index contributed by atoms with van der Waals surface area (Å²) < 4.78 is 43.0. The van der Waals surface area contributed by atoms with Crippen molar-refractivity contribution < 1.29 is 22.5 Å². The van der Waals surface area contributed by atoms with Crippen LogP contribution in [0.5, 0.6) is 0 Å². The van der Waals surface area contributed by atoms with E-state index in [-0.39, 0.29) is 16.6 Å². The number of nitrogens with zero attached hydrogens (tertiary/aromatic N) is 2. The van der Waals surface area contributed by atoms with Gasteiger partial charge in [-0.2, -0.15) is 0 Å². The van der Waals surface area contributed by atoms with Gasteiger partial charge in [0.2, 0.25) is 5.76 Å². The Morgan fingerprint density at radius 1 is 1.48 bits per heavy atom. The molecular formula is C11H7ClF3N3O3. The number of hydrogen-bond acceptors (Lipinski definition) is 4. The molecular weight excluding hydrogens is 315 g/mol. The number of carbonyl (C=O) groups is 1. The third kappa shape index (κ3) is 3.63. The second-order valence-corrected chi connectivity index (χ2v) is 4.28. The predicted molar refractivity (Wildman–Crippen MR) is 66.1 cm³/mol. The van der Waals surface area contributed by atoms with Crippen molar-refractivity contribution in [2.45, 2.75) is 13.0 Å². The van der Waals surface area contributed by atoms with E-state index in [0.717, 1.165) is 12.3 Å². The van der Waals surface area contributed by atoms with Crippen LogP contribution in [-0.4, -0.2) is 22.1 Å². The molecule has 2 aromatic heterocycles. The number of aromatic nitrogens is 2. The van der Waals surface area contributed by atoms with Crippen molar-refractivity contribution in [3.63, 3.8) is 0 Å². The number of alkyl halides is 2. The summed E-state index contributed by atoms with van der Waals surface area (Å²) in [6.45, 7) is -0.992. The molecule has 0 fully saturated rings. The van der Waals surface area contributed by atoms with E-state index in [1.54, 1.807) is 0 Å². The molecule has 0 saturated heterocycles. The highest BCUT2D eigenvalue weighted by molar-refractivity contribution is 6.29. The van der Waals surface area contributed by atoms with Gasteiger partial charge in [-0.05, 0) is 0 Å². The number of hydrogen-bond donors (Lipinski definition) is 1. The Labute approximate surface area is 120 Å². The molecule has 0 atom stereocenters. The van der Waals surface area contributed by atoms with Gasteiger partial charge >= 0.3 is 0 Å². The van der Waals surface area contributed by atoms with Crippen molar-refractivity contribution in [3.05, 3.63) is 45.4 Å². The molecule has 0 saturated carbocycles. The summed E-state index contributed by atoms with van der Waals surface area (Å²) in [6, 6.07) is 1.82. The lowest BCUT2D eigenvalue weighted by Crippen LogP contribution is -2.26. The third-order valence-corrected chi connectivity index (χ3v) is 2.52. The van der Waals surface area contributed by atoms with Crippen molar-refractivity contribution >= 4 is 23.2 Å². The van der Waals surface area contributed by atoms with E-state index >= 15 is 0 Å². The molecule has 21 heavy (non-hydrogen) atoms. The Bertz CT molecular complexity index is 729. The highest BCUT2D eigenvalue weighted by Gasteiger charge is 2.15. The lowest BCUT2D eigenvalue weighted by Gasteiger charge is -2.08. The first-order chi connectivity index (χ1) is 9.86. The summed E-state index contributed by atoms with van der Waals surface area (Å²) in [5.74, 6) is -2.35. The summed E-state index contributed by atoms with van der Waals surface area (Å²) >= 11 is 5.46. The summed E-state index contributed by atoms with van der Waals surface area (Å²) in [5.41, 5.74) is -1.40. The van der Waals surface area contributed by atoms with Gasteiger partial charge in [0, 0.05) is 18.3 Å². The zero-order chi connectivity index (χ0) is 15.6. The van der Waals surface area contributed by atoms with Crippen molar-refractivity contribution in [2.24, 2.45) is 0 Å². The van der Waals surface area contributed by atoms with Gasteiger partial charge < -0.3 is 14.4 Å². The van der Waals surface area contributed by atoms with Crippen LogP contribution < -0.4 is 10.9 Å². The van der Waals surface area contributed by atoms with Crippen LogP contribution in [-0.2, 0) is 6.54 Å². The maximum absolute atomic E-state index is 13.4. The van der Waals surface area contributed by atoms with Crippen molar-refractivity contribution in [1.82, 2.24) is 9.72 Å². The average molecular weight is 322 g/mol. The maximum atomic E-state index is 13.4. The van der Waals surface area contributed by atoms with E-state index in [0.29, 0.717) is 10.6 Å². The predicted octanol–water partition coefficient (Wildman–Crippen LogP) is 2.15. The van der Waals surface area contributed by atoms with E-state index in [4.69, 9.17) is 11.6 Å². The van der Waals surface area contributed by atoms with Crippen molar-refractivity contribution in [3.8, 4) is 0 Å². The highest BCUT2D eigenvalue weighted by atomic mass is 35.5. The molecule has 2 rings (SSSR count). The summed E-state index contributed by atoms with van der Waals surface area (Å²) in [4.78, 5) is 23.0. The fraction of sp³-hybridized carbons (Fsp3) is 0.182. The van der Waals surface area contributed by atoms with E-state index in [1.165, 1.54) is 0 Å². The molecule has 6 nitrogen and oxygen atoms in total. The van der Waals surface area contributed by atoms with Crippen LogP contribution in [0.2, 0.25) is 5.15 Å². The van der Waals surface area contributed by atoms with Gasteiger partial charge in [-0.25, -0.2) is 13.2 Å². The topological polar surface area (TPSA) is 77.1 Å². The lowest BCUT2D eigenvalue weighted by atomic mass is 10.3. The van der Waals surface area contributed by atoms with E-state index in [2.05, 4.69) is 15.0 Å². The molecule has 2 aromatic rings. The average Bonchev–Trinajstić information content (AvgIpc) is 2.81. The Balaban J connectivity index is 2.26. The number of amides is 1. The monoisotopic (exact) mass is 321 g/mol. The fourth-order valence-corrected chi connectivity index (χ4v) is 1.64. The number of anilines is 1. The van der Waals surface area contributed by atoms with Gasteiger partial charge in [-0.1, -0.05) is 16.8 Å². The van der Waals surface area contributed by atoms with E-state index in [9.17, 15) is 22.8 Å². The number of halogens is 4. The Hall–Kier alpha value is -2.29. The molecule has 0 aliphatic rings. The van der Waals surface area contributed by atoms with Crippen LogP contribution >= 0.6 is 11.6 Å². The van der Waals surface area contributed by atoms with Crippen LogP contribution in [0, 0.1) is 5.82 Å². The molecule has 0 radical (unpaired) electrons. The fourth-order valence-electron chi connectivity index (χ4n) is 1.51. The molecule has 1 amide bonds. The zero-order valence-corrected chi connectivity index (χ0v) is 10.9. The van der Waals surface area contributed by atoms with Gasteiger partial charge in [-0.15, -0.1) is 0 Å². The van der Waals surface area contributed by atoms with E-state index < -0.39 is 30.3 Å². The maximum Gasteiger partial charge on any atom is 0.294 e. The molecule has 0 spiro atoms. The van der Waals surface area contributed by atoms with Gasteiger partial charge in [0.15, 0.2) is 11.0 Å². The molecule has 0 aliphatic heterocycles. The van der Waals surface area contributed by atoms with Crippen LogP contribution in [0.3, 0.4) is 0 Å². The minimum absolute atomic E-state index is 0.0611. The molecule has 0 aromatic carbocycles. The molecule has 10 heteroatoms. The standard InChI is InChI=1S/C11H7ClF3N3O3/c12-8-2-7(21-17-8)10(19)16-5-1-6(13)11(20)18(3-5)4-9(14)15/h1-3,9H,4H2,(H,16,19). The summed E-state index contributed by atoms with van der Waals surface area (Å²) in [6.07, 6.45) is -1.95. The molecule has 0 unspecified atom stereocenters. The summed E-state index contributed by atoms with van der Waals surface area (Å²) in [7, 11) is 0. The van der Waals surface area contributed by atoms with Crippen LogP contribution in [0.15, 0.2) is 27.6 Å². The summed E-state index contributed by atoms with van der Waals surface area (Å²) in [5, 5.41) is 5.39. The van der Waals surface area contributed by atoms with E-state index in [1.807, 2.05) is 0 Å². The number of carbonyl (C=O) groups excluding carboxylic acids is 1. The van der Waals surface area contributed by atoms with Crippen molar-refractivity contribution in [1.29, 1.82) is 0 Å². The molecule has 0 aliphatic carbocycles. The third-order valence-electron chi connectivity index (χ3n) is 2.34. The first-order valence-electron chi connectivity index (χ1n) is 5.48. The second-order valence-electron chi connectivity index (χ2n) is 3.89. The molecule has 2 heterocycles. The highest BCUT2D eigenvalue weighted by Crippen LogP contribution is 2.13. The van der Waals surface area contributed by atoms with Crippen molar-refractivity contribution in [2.75, 3.05) is 5.32 Å². The number of nitrogens with one attached hydrogen (secondary N) is 1. The van der Waals surface area contributed by atoms with Crippen LogP contribution in [0.1, 0.15) is 10.6 Å². The molecule has 112 valence electrons. The Morgan fingerprint density at radius 3 is 2.76 bits per heavy atom. The Morgan fingerprint density at radius 2 is 2.19 bits per heavy atom. The zero-order valence-electron chi connectivity index (χ0n) is 10.1. The molecule has 0 bridgehead atoms. The second kappa shape index (κ2) is 6.00. The van der Waals surface area contributed by atoms with Gasteiger partial charge in [-0.3, -0.25) is 9.59 Å².